The van der Waals surface area contributed by atoms with E-state index in [-0.39, 0.29) is 11.9 Å². The van der Waals surface area contributed by atoms with Gasteiger partial charge in [0.15, 0.2) is 5.69 Å². The van der Waals surface area contributed by atoms with Crippen molar-refractivity contribution < 1.29 is 9.53 Å². The number of piperazine rings is 1. The van der Waals surface area contributed by atoms with Crippen LogP contribution in [-0.2, 0) is 0 Å². The molecule has 1 aromatic heterocycles. The number of aromatic nitrogens is 2. The second-order valence-corrected chi connectivity index (χ2v) is 7.41. The molecule has 0 spiro atoms. The number of para-hydroxylation sites is 1. The van der Waals surface area contributed by atoms with Gasteiger partial charge in [0.25, 0.3) is 5.91 Å². The molecule has 1 atom stereocenters. The van der Waals surface area contributed by atoms with Crippen molar-refractivity contribution in [3.8, 4) is 11.4 Å². The first-order valence-corrected chi connectivity index (χ1v) is 9.89. The molecule has 150 valence electrons. The Bertz CT molecular complexity index is 999. The van der Waals surface area contributed by atoms with E-state index < -0.39 is 0 Å². The molecule has 0 N–H and O–H groups in total. The van der Waals surface area contributed by atoms with Gasteiger partial charge in [-0.2, -0.15) is 5.10 Å². The minimum Gasteiger partial charge on any atom is -0.497 e. The Morgan fingerprint density at radius 1 is 1.03 bits per heavy atom. The highest BCUT2D eigenvalue weighted by Gasteiger charge is 2.29. The highest BCUT2D eigenvalue weighted by atomic mass is 16.5. The molecule has 29 heavy (non-hydrogen) atoms. The van der Waals surface area contributed by atoms with Crippen LogP contribution in [0.5, 0.6) is 5.75 Å². The van der Waals surface area contributed by atoms with Crippen LogP contribution in [0.3, 0.4) is 0 Å². The summed E-state index contributed by atoms with van der Waals surface area (Å²) in [5, 5.41) is 4.58. The summed E-state index contributed by atoms with van der Waals surface area (Å²) in [6.45, 7) is 6.22. The molecule has 0 bridgehead atoms. The van der Waals surface area contributed by atoms with Crippen molar-refractivity contribution in [2.75, 3.05) is 31.6 Å². The number of carbonyl (C=O) groups is 1. The average Bonchev–Trinajstić information content (AvgIpc) is 3.15. The Morgan fingerprint density at radius 3 is 2.52 bits per heavy atom. The maximum Gasteiger partial charge on any atom is 0.274 e. The van der Waals surface area contributed by atoms with Crippen LogP contribution >= 0.6 is 0 Å². The third kappa shape index (κ3) is 3.83. The highest BCUT2D eigenvalue weighted by molar-refractivity contribution is 5.92. The topological polar surface area (TPSA) is 50.6 Å². The number of amides is 1. The van der Waals surface area contributed by atoms with Gasteiger partial charge in [0, 0.05) is 43.1 Å². The Balaban J connectivity index is 1.49. The van der Waals surface area contributed by atoms with E-state index in [1.165, 1.54) is 0 Å². The summed E-state index contributed by atoms with van der Waals surface area (Å²) < 4.78 is 7.17. The largest absolute Gasteiger partial charge is 0.497 e. The molecule has 3 aromatic rings. The summed E-state index contributed by atoms with van der Waals surface area (Å²) in [6, 6.07) is 20.0. The second kappa shape index (κ2) is 7.99. The van der Waals surface area contributed by atoms with Crippen molar-refractivity contribution in [1.29, 1.82) is 0 Å². The second-order valence-electron chi connectivity index (χ2n) is 7.41. The first-order chi connectivity index (χ1) is 14.1. The number of anilines is 1. The fraction of sp³-hybridized carbons (Fsp3) is 0.304. The summed E-state index contributed by atoms with van der Waals surface area (Å²) in [5.41, 5.74) is 3.52. The van der Waals surface area contributed by atoms with Crippen LogP contribution in [0, 0.1) is 6.92 Å². The number of hydrogen-bond donors (Lipinski definition) is 0. The average molecular weight is 390 g/mol. The third-order valence-corrected chi connectivity index (χ3v) is 5.41. The quantitative estimate of drug-likeness (QED) is 0.684. The van der Waals surface area contributed by atoms with Gasteiger partial charge in [-0.15, -0.1) is 0 Å². The first-order valence-electron chi connectivity index (χ1n) is 9.89. The lowest BCUT2D eigenvalue weighted by atomic mass is 10.1. The normalized spacial score (nSPS) is 16.7. The summed E-state index contributed by atoms with van der Waals surface area (Å²) in [5.74, 6) is 0.829. The molecule has 1 amide bonds. The molecular weight excluding hydrogens is 364 g/mol. The predicted molar refractivity (Wildman–Crippen MR) is 114 cm³/mol. The SMILES string of the molecule is COc1cccc(N2CCN(C(=O)c3cc(C)n(-c4ccccc4)n3)CC2C)c1. The summed E-state index contributed by atoms with van der Waals surface area (Å²) in [6.07, 6.45) is 0. The zero-order valence-electron chi connectivity index (χ0n) is 17.1. The number of methoxy groups -OCH3 is 1. The van der Waals surface area contributed by atoms with E-state index in [1.54, 1.807) is 7.11 Å². The zero-order valence-corrected chi connectivity index (χ0v) is 17.1. The van der Waals surface area contributed by atoms with Crippen molar-refractivity contribution in [3.63, 3.8) is 0 Å². The van der Waals surface area contributed by atoms with E-state index in [2.05, 4.69) is 23.0 Å². The van der Waals surface area contributed by atoms with Gasteiger partial charge in [-0.05, 0) is 44.2 Å². The number of rotatable bonds is 4. The van der Waals surface area contributed by atoms with Crippen molar-refractivity contribution in [3.05, 3.63) is 72.1 Å². The van der Waals surface area contributed by atoms with E-state index in [1.807, 2.05) is 71.1 Å². The van der Waals surface area contributed by atoms with E-state index in [0.717, 1.165) is 29.4 Å². The molecular formula is C23H26N4O2. The standard InChI is InChI=1S/C23H26N4O2/c1-17-14-22(24-27(17)19-8-5-4-6-9-19)23(28)25-12-13-26(18(2)16-25)20-10-7-11-21(15-20)29-3/h4-11,14-15,18H,12-13,16H2,1-3H3. The maximum absolute atomic E-state index is 13.1. The molecule has 2 heterocycles. The first kappa shape index (κ1) is 19.1. The Morgan fingerprint density at radius 2 is 1.79 bits per heavy atom. The molecule has 4 rings (SSSR count). The van der Waals surface area contributed by atoms with Crippen LogP contribution in [0.2, 0.25) is 0 Å². The lowest BCUT2D eigenvalue weighted by Gasteiger charge is -2.41. The van der Waals surface area contributed by atoms with Crippen LogP contribution in [-0.4, -0.2) is 53.4 Å². The Hall–Kier alpha value is -3.28. The molecule has 0 saturated carbocycles. The number of aryl methyl sites for hydroxylation is 1. The zero-order chi connectivity index (χ0) is 20.4. The molecule has 6 heteroatoms. The van der Waals surface area contributed by atoms with E-state index >= 15 is 0 Å². The summed E-state index contributed by atoms with van der Waals surface area (Å²) >= 11 is 0. The van der Waals surface area contributed by atoms with Crippen molar-refractivity contribution >= 4 is 11.6 Å². The van der Waals surface area contributed by atoms with E-state index in [0.29, 0.717) is 18.8 Å². The lowest BCUT2D eigenvalue weighted by Crippen LogP contribution is -2.53. The molecule has 6 nitrogen and oxygen atoms in total. The lowest BCUT2D eigenvalue weighted by molar-refractivity contribution is 0.0720. The minimum atomic E-state index is -0.0140. The van der Waals surface area contributed by atoms with Gasteiger partial charge in [-0.25, -0.2) is 4.68 Å². The monoisotopic (exact) mass is 390 g/mol. The number of hydrogen-bond acceptors (Lipinski definition) is 4. The van der Waals surface area contributed by atoms with Crippen LogP contribution in [0.1, 0.15) is 23.1 Å². The molecule has 1 unspecified atom stereocenters. The van der Waals surface area contributed by atoms with Gasteiger partial charge >= 0.3 is 0 Å². The molecule has 0 radical (unpaired) electrons. The number of nitrogens with zero attached hydrogens (tertiary/aromatic N) is 4. The molecule has 1 saturated heterocycles. The number of ether oxygens (including phenoxy) is 1. The smallest absolute Gasteiger partial charge is 0.274 e. The van der Waals surface area contributed by atoms with Crippen molar-refractivity contribution in [2.45, 2.75) is 19.9 Å². The molecule has 1 aliphatic rings. The predicted octanol–water partition coefficient (Wildman–Crippen LogP) is 3.54. The summed E-state index contributed by atoms with van der Waals surface area (Å²) in [7, 11) is 1.68. The molecule has 1 fully saturated rings. The fourth-order valence-electron chi connectivity index (χ4n) is 3.89. The van der Waals surface area contributed by atoms with Crippen molar-refractivity contribution in [1.82, 2.24) is 14.7 Å². The Labute approximate surface area is 171 Å². The van der Waals surface area contributed by atoms with Crippen LogP contribution in [0.15, 0.2) is 60.7 Å². The van der Waals surface area contributed by atoms with Crippen LogP contribution < -0.4 is 9.64 Å². The number of carbonyl (C=O) groups excluding carboxylic acids is 1. The third-order valence-electron chi connectivity index (χ3n) is 5.41. The fourth-order valence-corrected chi connectivity index (χ4v) is 3.89. The minimum absolute atomic E-state index is 0.0140. The van der Waals surface area contributed by atoms with Gasteiger partial charge in [0.2, 0.25) is 0 Å². The van der Waals surface area contributed by atoms with Gasteiger partial charge in [0.1, 0.15) is 5.75 Å². The Kier molecular flexibility index (Phi) is 5.25. The van der Waals surface area contributed by atoms with Crippen LogP contribution in [0.25, 0.3) is 5.69 Å². The van der Waals surface area contributed by atoms with Gasteiger partial charge in [-0.1, -0.05) is 24.3 Å². The molecule has 2 aromatic carbocycles. The molecule has 1 aliphatic heterocycles. The summed E-state index contributed by atoms with van der Waals surface area (Å²) in [4.78, 5) is 17.3. The van der Waals surface area contributed by atoms with E-state index in [9.17, 15) is 4.79 Å². The number of benzene rings is 2. The van der Waals surface area contributed by atoms with Gasteiger partial charge < -0.3 is 14.5 Å². The van der Waals surface area contributed by atoms with Gasteiger partial charge in [-0.3, -0.25) is 4.79 Å². The van der Waals surface area contributed by atoms with Crippen LogP contribution in [0.4, 0.5) is 5.69 Å². The molecule has 0 aliphatic carbocycles. The van der Waals surface area contributed by atoms with E-state index in [4.69, 9.17) is 4.74 Å². The van der Waals surface area contributed by atoms with Crippen molar-refractivity contribution in [2.24, 2.45) is 0 Å². The highest BCUT2D eigenvalue weighted by Crippen LogP contribution is 2.25. The maximum atomic E-state index is 13.1. The van der Waals surface area contributed by atoms with Gasteiger partial charge in [0.05, 0.1) is 12.8 Å².